The second-order valence-corrected chi connectivity index (χ2v) is 5.46. The highest BCUT2D eigenvalue weighted by Crippen LogP contribution is 2.21. The van der Waals surface area contributed by atoms with Crippen LogP contribution in [0.25, 0.3) is 12.2 Å². The van der Waals surface area contributed by atoms with Gasteiger partial charge in [-0.25, -0.2) is 9.59 Å². The summed E-state index contributed by atoms with van der Waals surface area (Å²) in [5.41, 5.74) is 15.2. The quantitative estimate of drug-likeness (QED) is 0.468. The zero-order valence-corrected chi connectivity index (χ0v) is 14.8. The summed E-state index contributed by atoms with van der Waals surface area (Å²) < 4.78 is 9.90. The van der Waals surface area contributed by atoms with Crippen molar-refractivity contribution < 1.29 is 19.1 Å². The van der Waals surface area contributed by atoms with E-state index in [9.17, 15) is 9.59 Å². The molecule has 6 nitrogen and oxygen atoms in total. The van der Waals surface area contributed by atoms with Crippen molar-refractivity contribution in [2.24, 2.45) is 0 Å². The normalized spacial score (nSPS) is 10.7. The summed E-state index contributed by atoms with van der Waals surface area (Å²) in [5.74, 6) is -0.818. The highest BCUT2D eigenvalue weighted by atomic mass is 16.5. The van der Waals surface area contributed by atoms with Gasteiger partial charge in [0.15, 0.2) is 0 Å². The maximum Gasteiger partial charge on any atom is 0.338 e. The first-order chi connectivity index (χ1) is 12.5. The second-order valence-electron chi connectivity index (χ2n) is 5.46. The zero-order valence-electron chi connectivity index (χ0n) is 14.8. The van der Waals surface area contributed by atoms with Gasteiger partial charge in [-0.3, -0.25) is 0 Å². The highest BCUT2D eigenvalue weighted by molar-refractivity contribution is 5.93. The summed E-state index contributed by atoms with van der Waals surface area (Å²) in [5, 5.41) is 0. The number of hydrogen-bond donors (Lipinski definition) is 2. The number of anilines is 2. The van der Waals surface area contributed by atoms with Gasteiger partial charge in [0.25, 0.3) is 0 Å². The second kappa shape index (κ2) is 8.71. The van der Waals surface area contributed by atoms with Crippen molar-refractivity contribution in [2.75, 3.05) is 24.7 Å². The highest BCUT2D eigenvalue weighted by Gasteiger charge is 2.09. The number of nitrogens with two attached hydrogens (primary N) is 2. The smallest absolute Gasteiger partial charge is 0.338 e. The molecule has 0 aliphatic rings. The minimum Gasteiger partial charge on any atom is -0.462 e. The number of esters is 2. The van der Waals surface area contributed by atoms with E-state index < -0.39 is 11.9 Å². The monoisotopic (exact) mass is 354 g/mol. The third-order valence-corrected chi connectivity index (χ3v) is 3.64. The van der Waals surface area contributed by atoms with E-state index in [-0.39, 0.29) is 0 Å². The lowest BCUT2D eigenvalue weighted by atomic mass is 10.1. The van der Waals surface area contributed by atoms with Crippen LogP contribution in [-0.2, 0) is 9.47 Å². The van der Waals surface area contributed by atoms with E-state index in [0.29, 0.717) is 35.7 Å². The Hall–Kier alpha value is -3.28. The van der Waals surface area contributed by atoms with E-state index in [2.05, 4.69) is 0 Å². The van der Waals surface area contributed by atoms with Crippen LogP contribution < -0.4 is 11.5 Å². The Balaban J connectivity index is 2.19. The standard InChI is InChI=1S/C20H22N2O4/c1-3-25-19(23)15-9-7-13(17(21)11-15)5-6-14-8-10-16(12-18(14)22)20(24)26-4-2/h5-12H,3-4,21-22H2,1-2H3/b6-5+. The van der Waals surface area contributed by atoms with Crippen LogP contribution in [0.4, 0.5) is 11.4 Å². The third-order valence-electron chi connectivity index (χ3n) is 3.64. The van der Waals surface area contributed by atoms with E-state index in [0.717, 1.165) is 11.1 Å². The van der Waals surface area contributed by atoms with Crippen molar-refractivity contribution in [1.82, 2.24) is 0 Å². The SMILES string of the molecule is CCOC(=O)c1ccc(/C=C/c2ccc(C(=O)OCC)cc2N)c(N)c1. The number of hydrogen-bond acceptors (Lipinski definition) is 6. The van der Waals surface area contributed by atoms with Crippen molar-refractivity contribution in [1.29, 1.82) is 0 Å². The first-order valence-corrected chi connectivity index (χ1v) is 8.27. The predicted molar refractivity (Wildman–Crippen MR) is 103 cm³/mol. The maximum absolute atomic E-state index is 11.7. The van der Waals surface area contributed by atoms with Gasteiger partial charge in [-0.15, -0.1) is 0 Å². The van der Waals surface area contributed by atoms with E-state index in [1.165, 1.54) is 0 Å². The van der Waals surface area contributed by atoms with Crippen LogP contribution in [0.2, 0.25) is 0 Å². The first-order valence-electron chi connectivity index (χ1n) is 8.27. The van der Waals surface area contributed by atoms with Gasteiger partial charge in [0, 0.05) is 11.4 Å². The Morgan fingerprint density at radius 1 is 0.808 bits per heavy atom. The van der Waals surface area contributed by atoms with Crippen LogP contribution in [-0.4, -0.2) is 25.2 Å². The van der Waals surface area contributed by atoms with Crippen molar-refractivity contribution in [3.05, 3.63) is 58.7 Å². The molecule has 0 aromatic heterocycles. The van der Waals surface area contributed by atoms with Crippen molar-refractivity contribution >= 4 is 35.5 Å². The Kier molecular flexibility index (Phi) is 6.38. The van der Waals surface area contributed by atoms with Gasteiger partial charge in [-0.1, -0.05) is 24.3 Å². The van der Waals surface area contributed by atoms with E-state index in [4.69, 9.17) is 20.9 Å². The molecule has 0 amide bonds. The molecule has 0 radical (unpaired) electrons. The van der Waals surface area contributed by atoms with E-state index in [1.54, 1.807) is 62.4 Å². The first kappa shape index (κ1) is 19.1. The van der Waals surface area contributed by atoms with Crippen LogP contribution in [0.15, 0.2) is 36.4 Å². The molecule has 2 aromatic carbocycles. The van der Waals surface area contributed by atoms with Gasteiger partial charge in [-0.05, 0) is 49.2 Å². The van der Waals surface area contributed by atoms with Gasteiger partial charge < -0.3 is 20.9 Å². The van der Waals surface area contributed by atoms with Crippen molar-refractivity contribution in [3.8, 4) is 0 Å². The molecule has 26 heavy (non-hydrogen) atoms. The van der Waals surface area contributed by atoms with Crippen LogP contribution >= 0.6 is 0 Å². The molecule has 2 rings (SSSR count). The largest absolute Gasteiger partial charge is 0.462 e. The summed E-state index contributed by atoms with van der Waals surface area (Å²) in [6, 6.07) is 9.93. The van der Waals surface area contributed by atoms with Gasteiger partial charge in [-0.2, -0.15) is 0 Å². The Morgan fingerprint density at radius 3 is 1.50 bits per heavy atom. The van der Waals surface area contributed by atoms with Crippen LogP contribution in [0.5, 0.6) is 0 Å². The average molecular weight is 354 g/mol. The number of carbonyl (C=O) groups is 2. The molecule has 4 N–H and O–H groups in total. The summed E-state index contributed by atoms with van der Waals surface area (Å²) >= 11 is 0. The maximum atomic E-state index is 11.7. The molecule has 0 heterocycles. The molecule has 6 heteroatoms. The molecule has 0 bridgehead atoms. The molecule has 136 valence electrons. The molecule has 0 fully saturated rings. The molecule has 2 aromatic rings. The molecule has 0 aliphatic heterocycles. The molecule has 0 atom stereocenters. The molecule has 0 saturated heterocycles. The lowest BCUT2D eigenvalue weighted by Gasteiger charge is -2.07. The fourth-order valence-corrected chi connectivity index (χ4v) is 2.32. The number of rotatable bonds is 6. The number of carbonyl (C=O) groups excluding carboxylic acids is 2. The van der Waals surface area contributed by atoms with Crippen molar-refractivity contribution in [3.63, 3.8) is 0 Å². The lowest BCUT2D eigenvalue weighted by Crippen LogP contribution is -2.05. The summed E-state index contributed by atoms with van der Waals surface area (Å²) in [4.78, 5) is 23.4. The van der Waals surface area contributed by atoms with E-state index >= 15 is 0 Å². The fraction of sp³-hybridized carbons (Fsp3) is 0.200. The topological polar surface area (TPSA) is 105 Å². The summed E-state index contributed by atoms with van der Waals surface area (Å²) in [7, 11) is 0. The van der Waals surface area contributed by atoms with Gasteiger partial charge >= 0.3 is 11.9 Å². The van der Waals surface area contributed by atoms with Crippen LogP contribution in [0, 0.1) is 0 Å². The minimum atomic E-state index is -0.409. The molecule has 0 saturated carbocycles. The number of nitrogen functional groups attached to an aromatic ring is 2. The lowest BCUT2D eigenvalue weighted by molar-refractivity contribution is 0.0517. The Labute approximate surface area is 152 Å². The van der Waals surface area contributed by atoms with Gasteiger partial charge in [0.05, 0.1) is 24.3 Å². The fourth-order valence-electron chi connectivity index (χ4n) is 2.32. The molecule has 0 aliphatic carbocycles. The molecule has 0 spiro atoms. The summed E-state index contributed by atoms with van der Waals surface area (Å²) in [6.45, 7) is 4.11. The number of ether oxygens (including phenoxy) is 2. The third kappa shape index (κ3) is 4.63. The average Bonchev–Trinajstić information content (AvgIpc) is 2.61. The van der Waals surface area contributed by atoms with Crippen LogP contribution in [0.3, 0.4) is 0 Å². The Morgan fingerprint density at radius 2 is 1.19 bits per heavy atom. The molecular formula is C20H22N2O4. The van der Waals surface area contributed by atoms with Crippen LogP contribution in [0.1, 0.15) is 45.7 Å². The van der Waals surface area contributed by atoms with E-state index in [1.807, 2.05) is 0 Å². The minimum absolute atomic E-state index is 0.307. The van der Waals surface area contributed by atoms with Gasteiger partial charge in [0.2, 0.25) is 0 Å². The predicted octanol–water partition coefficient (Wildman–Crippen LogP) is 3.37. The molecular weight excluding hydrogens is 332 g/mol. The summed E-state index contributed by atoms with van der Waals surface area (Å²) in [6.07, 6.45) is 3.58. The zero-order chi connectivity index (χ0) is 19.1. The van der Waals surface area contributed by atoms with Gasteiger partial charge in [0.1, 0.15) is 0 Å². The molecule has 0 unspecified atom stereocenters. The van der Waals surface area contributed by atoms with Crippen molar-refractivity contribution in [2.45, 2.75) is 13.8 Å². The number of benzene rings is 2. The Bertz CT molecular complexity index is 774.